The Kier molecular flexibility index (Phi) is 5.66. The van der Waals surface area contributed by atoms with E-state index in [2.05, 4.69) is 17.1 Å². The highest BCUT2D eigenvalue weighted by atomic mass is 16.5. The number of rotatable bonds is 5. The van der Waals surface area contributed by atoms with Gasteiger partial charge in [-0.15, -0.1) is 0 Å². The van der Waals surface area contributed by atoms with E-state index in [1.165, 1.54) is 5.56 Å². The van der Waals surface area contributed by atoms with E-state index in [0.29, 0.717) is 18.8 Å². The van der Waals surface area contributed by atoms with E-state index in [-0.39, 0.29) is 17.9 Å². The molecule has 1 aliphatic rings. The lowest BCUT2D eigenvalue weighted by Gasteiger charge is -2.38. The van der Waals surface area contributed by atoms with E-state index in [1.807, 2.05) is 29.2 Å². The average Bonchev–Trinajstić information content (AvgIpc) is 2.68. The van der Waals surface area contributed by atoms with Crippen molar-refractivity contribution >= 4 is 5.91 Å². The van der Waals surface area contributed by atoms with Crippen LogP contribution in [0.5, 0.6) is 5.75 Å². The second-order valence-corrected chi connectivity index (χ2v) is 6.34. The highest BCUT2D eigenvalue weighted by molar-refractivity contribution is 5.92. The molecule has 25 heavy (non-hydrogen) atoms. The van der Waals surface area contributed by atoms with E-state index in [4.69, 9.17) is 9.47 Å². The van der Waals surface area contributed by atoms with Crippen LogP contribution in [-0.2, 0) is 11.2 Å². The SMILES string of the molecule is COc1ccc(C[C@H]2CN(C(=O)c3ccccn3)CC[C@H]2OC)cc1. The molecule has 0 unspecified atom stereocenters. The fourth-order valence-electron chi connectivity index (χ4n) is 3.42. The molecular formula is C20H24N2O3. The van der Waals surface area contributed by atoms with E-state index in [9.17, 15) is 4.79 Å². The van der Waals surface area contributed by atoms with Gasteiger partial charge in [-0.05, 0) is 42.7 Å². The number of methoxy groups -OCH3 is 2. The van der Waals surface area contributed by atoms with Gasteiger partial charge in [0, 0.05) is 32.3 Å². The maximum atomic E-state index is 12.7. The number of carbonyl (C=O) groups is 1. The number of likely N-dealkylation sites (tertiary alicyclic amines) is 1. The zero-order chi connectivity index (χ0) is 17.6. The van der Waals surface area contributed by atoms with E-state index < -0.39 is 0 Å². The van der Waals surface area contributed by atoms with Crippen LogP contribution in [0, 0.1) is 5.92 Å². The minimum atomic E-state index is -0.00474. The molecule has 0 N–H and O–H groups in total. The molecule has 1 amide bonds. The number of amides is 1. The number of benzene rings is 1. The first-order chi connectivity index (χ1) is 12.2. The van der Waals surface area contributed by atoms with Gasteiger partial charge >= 0.3 is 0 Å². The van der Waals surface area contributed by atoms with Crippen LogP contribution in [0.25, 0.3) is 0 Å². The second kappa shape index (κ2) is 8.12. The van der Waals surface area contributed by atoms with Crippen LogP contribution in [0.4, 0.5) is 0 Å². The lowest BCUT2D eigenvalue weighted by Crippen LogP contribution is -2.47. The number of hydrogen-bond acceptors (Lipinski definition) is 4. The molecule has 5 nitrogen and oxygen atoms in total. The van der Waals surface area contributed by atoms with Crippen molar-refractivity contribution in [3.8, 4) is 5.75 Å². The van der Waals surface area contributed by atoms with Gasteiger partial charge in [-0.25, -0.2) is 0 Å². The molecule has 2 aromatic rings. The lowest BCUT2D eigenvalue weighted by molar-refractivity contribution is -0.00317. The van der Waals surface area contributed by atoms with Crippen LogP contribution in [0.15, 0.2) is 48.7 Å². The van der Waals surface area contributed by atoms with Crippen molar-refractivity contribution in [2.24, 2.45) is 5.92 Å². The Morgan fingerprint density at radius 3 is 2.64 bits per heavy atom. The Balaban J connectivity index is 1.70. The highest BCUT2D eigenvalue weighted by Crippen LogP contribution is 2.25. The van der Waals surface area contributed by atoms with Gasteiger partial charge < -0.3 is 14.4 Å². The second-order valence-electron chi connectivity index (χ2n) is 6.34. The average molecular weight is 340 g/mol. The van der Waals surface area contributed by atoms with E-state index >= 15 is 0 Å². The van der Waals surface area contributed by atoms with Gasteiger partial charge in [-0.2, -0.15) is 0 Å². The standard InChI is InChI=1S/C20H24N2O3/c1-24-17-8-6-15(7-9-17)13-16-14-22(12-10-19(16)25-2)20(23)18-5-3-4-11-21-18/h3-9,11,16,19H,10,12-14H2,1-2H3/t16-,19+/m0/s1. The van der Waals surface area contributed by atoms with Crippen LogP contribution in [0.1, 0.15) is 22.5 Å². The van der Waals surface area contributed by atoms with Crippen molar-refractivity contribution in [3.05, 3.63) is 59.9 Å². The number of aromatic nitrogens is 1. The van der Waals surface area contributed by atoms with Crippen LogP contribution in [0.3, 0.4) is 0 Å². The normalized spacial score (nSPS) is 20.3. The lowest BCUT2D eigenvalue weighted by atomic mass is 9.88. The van der Waals surface area contributed by atoms with Gasteiger partial charge in [0.2, 0.25) is 0 Å². The molecule has 1 fully saturated rings. The summed E-state index contributed by atoms with van der Waals surface area (Å²) in [5, 5.41) is 0. The molecule has 132 valence electrons. The number of ether oxygens (including phenoxy) is 2. The van der Waals surface area contributed by atoms with E-state index in [1.54, 1.807) is 26.5 Å². The van der Waals surface area contributed by atoms with Crippen LogP contribution >= 0.6 is 0 Å². The monoisotopic (exact) mass is 340 g/mol. The molecule has 0 aliphatic carbocycles. The zero-order valence-corrected chi connectivity index (χ0v) is 14.7. The van der Waals surface area contributed by atoms with Crippen molar-refractivity contribution in [2.75, 3.05) is 27.3 Å². The maximum Gasteiger partial charge on any atom is 0.272 e. The smallest absolute Gasteiger partial charge is 0.272 e. The van der Waals surface area contributed by atoms with Gasteiger partial charge in [0.25, 0.3) is 5.91 Å². The summed E-state index contributed by atoms with van der Waals surface area (Å²) in [6.07, 6.45) is 3.53. The topological polar surface area (TPSA) is 51.7 Å². The molecule has 1 aromatic heterocycles. The molecule has 1 aliphatic heterocycles. The Hall–Kier alpha value is -2.40. The summed E-state index contributed by atoms with van der Waals surface area (Å²) < 4.78 is 10.9. The van der Waals surface area contributed by atoms with Gasteiger partial charge in [-0.3, -0.25) is 9.78 Å². The Labute approximate surface area is 148 Å². The molecule has 0 bridgehead atoms. The summed E-state index contributed by atoms with van der Waals surface area (Å²) in [5.74, 6) is 1.11. The summed E-state index contributed by atoms with van der Waals surface area (Å²) in [7, 11) is 3.42. The summed E-state index contributed by atoms with van der Waals surface area (Å²) in [6.45, 7) is 1.38. The molecule has 2 atom stereocenters. The Morgan fingerprint density at radius 2 is 2.00 bits per heavy atom. The highest BCUT2D eigenvalue weighted by Gasteiger charge is 2.32. The molecule has 0 radical (unpaired) electrons. The molecule has 0 spiro atoms. The summed E-state index contributed by atoms with van der Waals surface area (Å²) in [4.78, 5) is 18.8. The Morgan fingerprint density at radius 1 is 1.20 bits per heavy atom. The van der Waals surface area contributed by atoms with Crippen molar-refractivity contribution in [3.63, 3.8) is 0 Å². The first-order valence-corrected chi connectivity index (χ1v) is 8.57. The number of carbonyl (C=O) groups excluding carboxylic acids is 1. The summed E-state index contributed by atoms with van der Waals surface area (Å²) in [6, 6.07) is 13.5. The predicted octanol–water partition coefficient (Wildman–Crippen LogP) is 2.81. The van der Waals surface area contributed by atoms with Crippen molar-refractivity contribution < 1.29 is 14.3 Å². The fourth-order valence-corrected chi connectivity index (χ4v) is 3.42. The van der Waals surface area contributed by atoms with Gasteiger partial charge in [0.1, 0.15) is 11.4 Å². The van der Waals surface area contributed by atoms with Gasteiger partial charge in [0.15, 0.2) is 0 Å². The molecule has 1 aromatic carbocycles. The number of hydrogen-bond donors (Lipinski definition) is 0. The third-order valence-electron chi connectivity index (χ3n) is 4.80. The fraction of sp³-hybridized carbons (Fsp3) is 0.400. The number of nitrogens with zero attached hydrogens (tertiary/aromatic N) is 2. The zero-order valence-electron chi connectivity index (χ0n) is 14.7. The first kappa shape index (κ1) is 17.4. The number of pyridine rings is 1. The van der Waals surface area contributed by atoms with Crippen molar-refractivity contribution in [2.45, 2.75) is 18.9 Å². The molecule has 3 rings (SSSR count). The van der Waals surface area contributed by atoms with E-state index in [0.717, 1.165) is 18.6 Å². The van der Waals surface area contributed by atoms with Crippen LogP contribution in [-0.4, -0.2) is 49.2 Å². The molecule has 0 saturated carbocycles. The van der Waals surface area contributed by atoms with Crippen molar-refractivity contribution in [1.29, 1.82) is 0 Å². The molecule has 5 heteroatoms. The third kappa shape index (κ3) is 4.17. The molecule has 1 saturated heterocycles. The minimum absolute atomic E-state index is 0.00474. The number of piperidine rings is 1. The van der Waals surface area contributed by atoms with Gasteiger partial charge in [0.05, 0.1) is 13.2 Å². The maximum absolute atomic E-state index is 12.7. The third-order valence-corrected chi connectivity index (χ3v) is 4.80. The molecule has 2 heterocycles. The summed E-state index contributed by atoms with van der Waals surface area (Å²) in [5.41, 5.74) is 1.72. The predicted molar refractivity (Wildman–Crippen MR) is 95.7 cm³/mol. The van der Waals surface area contributed by atoms with Crippen LogP contribution in [0.2, 0.25) is 0 Å². The quantitative estimate of drug-likeness (QED) is 0.840. The van der Waals surface area contributed by atoms with Crippen molar-refractivity contribution in [1.82, 2.24) is 9.88 Å². The Bertz CT molecular complexity index is 688. The van der Waals surface area contributed by atoms with Gasteiger partial charge in [-0.1, -0.05) is 18.2 Å². The molecular weight excluding hydrogens is 316 g/mol. The first-order valence-electron chi connectivity index (χ1n) is 8.57. The largest absolute Gasteiger partial charge is 0.497 e. The van der Waals surface area contributed by atoms with Crippen LogP contribution < -0.4 is 4.74 Å². The minimum Gasteiger partial charge on any atom is -0.497 e. The summed E-state index contributed by atoms with van der Waals surface area (Å²) >= 11 is 0.